The average Bonchev–Trinajstić information content (AvgIpc) is 2.71. The Labute approximate surface area is 159 Å². The van der Waals surface area contributed by atoms with Gasteiger partial charge in [-0.1, -0.05) is 31.0 Å². The van der Waals surface area contributed by atoms with Gasteiger partial charge in [0.2, 0.25) is 12.2 Å². The number of amides is 1. The molecule has 0 aliphatic carbocycles. The van der Waals surface area contributed by atoms with E-state index in [-0.39, 0.29) is 11.9 Å². The lowest BCUT2D eigenvalue weighted by molar-refractivity contribution is 0.0953. The lowest BCUT2D eigenvalue weighted by Crippen LogP contribution is -2.38. The van der Waals surface area contributed by atoms with Crippen LogP contribution in [0.3, 0.4) is 0 Å². The number of aromatic nitrogens is 1. The SMILES string of the molecule is N#CN=C(N)N(CCCCCCNC(=O)c1ccccc1)c1ccncc1. The number of anilines is 1. The number of unbranched alkanes of at least 4 members (excludes halogenated alkanes) is 3. The number of guanidine groups is 1. The molecular weight excluding hydrogens is 340 g/mol. The minimum Gasteiger partial charge on any atom is -0.369 e. The molecule has 1 amide bonds. The van der Waals surface area contributed by atoms with Crippen molar-refractivity contribution in [3.05, 3.63) is 60.4 Å². The number of nitrogens with one attached hydrogen (secondary N) is 1. The fourth-order valence-electron chi connectivity index (χ4n) is 2.65. The first kappa shape index (κ1) is 19.9. The highest BCUT2D eigenvalue weighted by atomic mass is 16.1. The summed E-state index contributed by atoms with van der Waals surface area (Å²) in [6.45, 7) is 1.32. The molecule has 1 heterocycles. The number of nitrogens with two attached hydrogens (primary N) is 1. The minimum atomic E-state index is -0.0417. The predicted octanol–water partition coefficient (Wildman–Crippen LogP) is 2.67. The number of hydrogen-bond donors (Lipinski definition) is 2. The molecule has 0 saturated heterocycles. The quantitative estimate of drug-likeness (QED) is 0.308. The number of hydrogen-bond acceptors (Lipinski definition) is 4. The van der Waals surface area contributed by atoms with E-state index >= 15 is 0 Å². The third-order valence-corrected chi connectivity index (χ3v) is 4.05. The molecular formula is C20H24N6O. The Balaban J connectivity index is 1.69. The highest BCUT2D eigenvalue weighted by Gasteiger charge is 2.10. The van der Waals surface area contributed by atoms with E-state index in [1.165, 1.54) is 0 Å². The van der Waals surface area contributed by atoms with Crippen molar-refractivity contribution in [3.8, 4) is 6.19 Å². The second kappa shape index (κ2) is 11.3. The average molecular weight is 364 g/mol. The second-order valence-corrected chi connectivity index (χ2v) is 5.96. The molecule has 0 atom stereocenters. The number of aliphatic imine (C=N–C) groups is 1. The summed E-state index contributed by atoms with van der Waals surface area (Å²) in [5.41, 5.74) is 7.43. The van der Waals surface area contributed by atoms with E-state index in [0.717, 1.165) is 31.4 Å². The normalized spacial score (nSPS) is 10.9. The molecule has 0 bridgehead atoms. The number of pyridine rings is 1. The van der Waals surface area contributed by atoms with Gasteiger partial charge in [-0.3, -0.25) is 9.78 Å². The van der Waals surface area contributed by atoms with Gasteiger partial charge in [0.25, 0.3) is 5.91 Å². The molecule has 1 aromatic carbocycles. The van der Waals surface area contributed by atoms with Crippen LogP contribution >= 0.6 is 0 Å². The lowest BCUT2D eigenvalue weighted by Gasteiger charge is -2.22. The van der Waals surface area contributed by atoms with E-state index in [4.69, 9.17) is 11.0 Å². The van der Waals surface area contributed by atoms with Gasteiger partial charge >= 0.3 is 0 Å². The molecule has 27 heavy (non-hydrogen) atoms. The van der Waals surface area contributed by atoms with Gasteiger partial charge in [-0.2, -0.15) is 5.26 Å². The van der Waals surface area contributed by atoms with Crippen molar-refractivity contribution in [1.29, 1.82) is 5.26 Å². The number of nitriles is 1. The van der Waals surface area contributed by atoms with Crippen LogP contribution in [0.5, 0.6) is 0 Å². The molecule has 0 fully saturated rings. The summed E-state index contributed by atoms with van der Waals surface area (Å²) in [5.74, 6) is 0.138. The molecule has 2 rings (SSSR count). The van der Waals surface area contributed by atoms with Crippen molar-refractivity contribution >= 4 is 17.6 Å². The Hall–Kier alpha value is -3.40. The van der Waals surface area contributed by atoms with E-state index in [1.807, 2.05) is 35.2 Å². The third kappa shape index (κ3) is 6.78. The van der Waals surface area contributed by atoms with Crippen LogP contribution in [0.15, 0.2) is 59.9 Å². The summed E-state index contributed by atoms with van der Waals surface area (Å²) >= 11 is 0. The largest absolute Gasteiger partial charge is 0.369 e. The summed E-state index contributed by atoms with van der Waals surface area (Å²) in [5, 5.41) is 11.7. The third-order valence-electron chi connectivity index (χ3n) is 4.05. The van der Waals surface area contributed by atoms with Gasteiger partial charge < -0.3 is 16.0 Å². The first-order chi connectivity index (χ1) is 13.2. The number of carbonyl (C=O) groups excluding carboxylic acids is 1. The molecule has 0 spiro atoms. The summed E-state index contributed by atoms with van der Waals surface area (Å²) in [6, 6.07) is 12.9. The molecule has 0 radical (unpaired) electrons. The van der Waals surface area contributed by atoms with Gasteiger partial charge in [0.1, 0.15) is 0 Å². The van der Waals surface area contributed by atoms with Crippen LogP contribution in [-0.4, -0.2) is 29.9 Å². The first-order valence-electron chi connectivity index (χ1n) is 8.95. The summed E-state index contributed by atoms with van der Waals surface area (Å²) < 4.78 is 0. The Morgan fingerprint density at radius 2 is 1.81 bits per heavy atom. The zero-order valence-electron chi connectivity index (χ0n) is 15.2. The fraction of sp³-hybridized carbons (Fsp3) is 0.300. The van der Waals surface area contributed by atoms with Crippen LogP contribution in [0.4, 0.5) is 5.69 Å². The van der Waals surface area contributed by atoms with Crippen molar-refractivity contribution in [2.24, 2.45) is 10.7 Å². The van der Waals surface area contributed by atoms with E-state index in [0.29, 0.717) is 18.7 Å². The number of nitrogens with zero attached hydrogens (tertiary/aromatic N) is 4. The molecule has 0 aliphatic rings. The Kier molecular flexibility index (Phi) is 8.31. The number of rotatable bonds is 9. The maximum absolute atomic E-state index is 11.9. The van der Waals surface area contributed by atoms with E-state index in [9.17, 15) is 4.79 Å². The van der Waals surface area contributed by atoms with Crippen molar-refractivity contribution in [2.75, 3.05) is 18.0 Å². The van der Waals surface area contributed by atoms with Gasteiger partial charge in [-0.15, -0.1) is 4.99 Å². The second-order valence-electron chi connectivity index (χ2n) is 5.96. The molecule has 7 heteroatoms. The topological polar surface area (TPSA) is 107 Å². The van der Waals surface area contributed by atoms with Gasteiger partial charge in [0, 0.05) is 36.7 Å². The molecule has 0 unspecified atom stereocenters. The highest BCUT2D eigenvalue weighted by Crippen LogP contribution is 2.13. The lowest BCUT2D eigenvalue weighted by atomic mass is 10.1. The van der Waals surface area contributed by atoms with Crippen LogP contribution in [0, 0.1) is 11.5 Å². The van der Waals surface area contributed by atoms with Crippen molar-refractivity contribution in [1.82, 2.24) is 10.3 Å². The molecule has 0 aliphatic heterocycles. The van der Waals surface area contributed by atoms with E-state index in [2.05, 4.69) is 15.3 Å². The number of benzene rings is 1. The molecule has 1 aromatic heterocycles. The molecule has 140 valence electrons. The van der Waals surface area contributed by atoms with Gasteiger partial charge in [-0.25, -0.2) is 0 Å². The maximum Gasteiger partial charge on any atom is 0.251 e. The molecule has 3 N–H and O–H groups in total. The molecule has 2 aromatic rings. The molecule has 0 saturated carbocycles. The van der Waals surface area contributed by atoms with Crippen molar-refractivity contribution < 1.29 is 4.79 Å². The molecule has 7 nitrogen and oxygen atoms in total. The summed E-state index contributed by atoms with van der Waals surface area (Å²) in [6.07, 6.45) is 8.88. The van der Waals surface area contributed by atoms with Gasteiger partial charge in [0.05, 0.1) is 0 Å². The van der Waals surface area contributed by atoms with Crippen LogP contribution < -0.4 is 16.0 Å². The highest BCUT2D eigenvalue weighted by molar-refractivity contribution is 5.95. The zero-order chi connectivity index (χ0) is 19.3. The summed E-state index contributed by atoms with van der Waals surface area (Å²) in [7, 11) is 0. The Morgan fingerprint density at radius 3 is 2.52 bits per heavy atom. The monoisotopic (exact) mass is 364 g/mol. The van der Waals surface area contributed by atoms with Crippen LogP contribution in [0.2, 0.25) is 0 Å². The Bertz CT molecular complexity index is 770. The van der Waals surface area contributed by atoms with E-state index < -0.39 is 0 Å². The van der Waals surface area contributed by atoms with Crippen molar-refractivity contribution in [3.63, 3.8) is 0 Å². The maximum atomic E-state index is 11.9. The summed E-state index contributed by atoms with van der Waals surface area (Å²) in [4.78, 5) is 21.4. The fourth-order valence-corrected chi connectivity index (χ4v) is 2.65. The van der Waals surface area contributed by atoms with E-state index in [1.54, 1.807) is 30.7 Å². The number of carbonyl (C=O) groups is 1. The zero-order valence-corrected chi connectivity index (χ0v) is 15.2. The van der Waals surface area contributed by atoms with Crippen LogP contribution in [-0.2, 0) is 0 Å². The standard InChI is InChI=1S/C20H24N6O/c21-16-25-20(22)26(18-10-13-23-14-11-18)15-7-2-1-6-12-24-19(27)17-8-4-3-5-9-17/h3-5,8-11,13-14H,1-2,6-7,12,15H2,(H2,22,25)(H,24,27). The Morgan fingerprint density at radius 1 is 1.11 bits per heavy atom. The van der Waals surface area contributed by atoms with Crippen LogP contribution in [0.1, 0.15) is 36.0 Å². The minimum absolute atomic E-state index is 0.0417. The van der Waals surface area contributed by atoms with Crippen molar-refractivity contribution in [2.45, 2.75) is 25.7 Å². The van der Waals surface area contributed by atoms with Gasteiger partial charge in [-0.05, 0) is 37.1 Å². The first-order valence-corrected chi connectivity index (χ1v) is 8.95. The van der Waals surface area contributed by atoms with Gasteiger partial charge in [0.15, 0.2) is 0 Å². The predicted molar refractivity (Wildman–Crippen MR) is 106 cm³/mol. The van der Waals surface area contributed by atoms with Crippen LogP contribution in [0.25, 0.3) is 0 Å². The smallest absolute Gasteiger partial charge is 0.251 e.